The molecule has 110 valence electrons. The third kappa shape index (κ3) is 2.39. The standard InChI is InChI=1S/C19H19N3/c1-3-9-15(10-4-1)20-19-17-13-7-8-14-18(17)21-22(19)16-11-5-2-6-12-16/h1-6,9-12,20H,7-8,13-14H2. The first kappa shape index (κ1) is 13.1. The Kier molecular flexibility index (Phi) is 3.39. The van der Waals surface area contributed by atoms with Gasteiger partial charge in [0.1, 0.15) is 5.82 Å². The molecule has 3 aromatic rings. The van der Waals surface area contributed by atoms with Crippen molar-refractivity contribution in [1.82, 2.24) is 9.78 Å². The maximum absolute atomic E-state index is 4.87. The van der Waals surface area contributed by atoms with Crippen LogP contribution >= 0.6 is 0 Å². The lowest BCUT2D eigenvalue weighted by atomic mass is 9.97. The number of hydrogen-bond acceptors (Lipinski definition) is 2. The Labute approximate surface area is 130 Å². The minimum Gasteiger partial charge on any atom is -0.340 e. The topological polar surface area (TPSA) is 29.9 Å². The lowest BCUT2D eigenvalue weighted by molar-refractivity contribution is 0.671. The van der Waals surface area contributed by atoms with Crippen LogP contribution in [-0.2, 0) is 12.8 Å². The fraction of sp³-hybridized carbons (Fsp3) is 0.211. The van der Waals surface area contributed by atoms with Crippen LogP contribution < -0.4 is 5.32 Å². The Balaban J connectivity index is 1.82. The molecular weight excluding hydrogens is 270 g/mol. The predicted octanol–water partition coefficient (Wildman–Crippen LogP) is 4.49. The van der Waals surface area contributed by atoms with Crippen molar-refractivity contribution in [1.29, 1.82) is 0 Å². The molecular formula is C19H19N3. The predicted molar refractivity (Wildman–Crippen MR) is 89.9 cm³/mol. The maximum Gasteiger partial charge on any atom is 0.137 e. The molecule has 0 saturated heterocycles. The van der Waals surface area contributed by atoms with E-state index in [0.29, 0.717) is 0 Å². The third-order valence-corrected chi connectivity index (χ3v) is 4.19. The summed E-state index contributed by atoms with van der Waals surface area (Å²) >= 11 is 0. The van der Waals surface area contributed by atoms with Gasteiger partial charge in [-0.05, 0) is 49.9 Å². The number of fused-ring (bicyclic) bond motifs is 1. The van der Waals surface area contributed by atoms with Gasteiger partial charge in [-0.25, -0.2) is 4.68 Å². The van der Waals surface area contributed by atoms with E-state index < -0.39 is 0 Å². The van der Waals surface area contributed by atoms with Crippen molar-refractivity contribution in [2.45, 2.75) is 25.7 Å². The largest absolute Gasteiger partial charge is 0.340 e. The normalized spacial score (nSPS) is 13.6. The van der Waals surface area contributed by atoms with Crippen molar-refractivity contribution in [3.05, 3.63) is 71.9 Å². The smallest absolute Gasteiger partial charge is 0.137 e. The first-order chi connectivity index (χ1) is 10.9. The summed E-state index contributed by atoms with van der Waals surface area (Å²) in [6.45, 7) is 0. The second-order valence-electron chi connectivity index (χ2n) is 5.72. The van der Waals surface area contributed by atoms with Crippen LogP contribution in [0.5, 0.6) is 0 Å². The Hall–Kier alpha value is -2.55. The molecule has 1 heterocycles. The Morgan fingerprint density at radius 3 is 2.27 bits per heavy atom. The van der Waals surface area contributed by atoms with Gasteiger partial charge in [-0.3, -0.25) is 0 Å². The van der Waals surface area contributed by atoms with Crippen molar-refractivity contribution in [2.24, 2.45) is 0 Å². The summed E-state index contributed by atoms with van der Waals surface area (Å²) in [5, 5.41) is 8.45. The summed E-state index contributed by atoms with van der Waals surface area (Å²) in [5.74, 6) is 1.12. The maximum atomic E-state index is 4.87. The van der Waals surface area contributed by atoms with E-state index in [1.165, 1.54) is 24.1 Å². The van der Waals surface area contributed by atoms with Crippen LogP contribution in [0, 0.1) is 0 Å². The van der Waals surface area contributed by atoms with Crippen molar-refractivity contribution in [2.75, 3.05) is 5.32 Å². The second-order valence-corrected chi connectivity index (χ2v) is 5.72. The molecule has 22 heavy (non-hydrogen) atoms. The second kappa shape index (κ2) is 5.68. The number of rotatable bonds is 3. The van der Waals surface area contributed by atoms with Crippen LogP contribution in [-0.4, -0.2) is 9.78 Å². The summed E-state index contributed by atoms with van der Waals surface area (Å²) < 4.78 is 2.06. The average molecular weight is 289 g/mol. The van der Waals surface area contributed by atoms with E-state index in [0.717, 1.165) is 30.0 Å². The number of benzene rings is 2. The molecule has 1 aliphatic rings. The Bertz CT molecular complexity index is 760. The number of hydrogen-bond donors (Lipinski definition) is 1. The van der Waals surface area contributed by atoms with Crippen LogP contribution in [0.3, 0.4) is 0 Å². The summed E-state index contributed by atoms with van der Waals surface area (Å²) in [5.41, 5.74) is 4.83. The lowest BCUT2D eigenvalue weighted by Crippen LogP contribution is -2.04. The van der Waals surface area contributed by atoms with Crippen molar-refractivity contribution >= 4 is 11.5 Å². The van der Waals surface area contributed by atoms with Crippen LogP contribution in [0.15, 0.2) is 60.7 Å². The van der Waals surface area contributed by atoms with Gasteiger partial charge in [-0.2, -0.15) is 5.10 Å². The van der Waals surface area contributed by atoms with E-state index in [9.17, 15) is 0 Å². The third-order valence-electron chi connectivity index (χ3n) is 4.19. The lowest BCUT2D eigenvalue weighted by Gasteiger charge is -2.14. The zero-order valence-electron chi connectivity index (χ0n) is 12.5. The van der Waals surface area contributed by atoms with Gasteiger partial charge in [0.15, 0.2) is 0 Å². The number of nitrogens with zero attached hydrogens (tertiary/aromatic N) is 2. The highest BCUT2D eigenvalue weighted by Crippen LogP contribution is 2.31. The molecule has 0 atom stereocenters. The van der Waals surface area contributed by atoms with Gasteiger partial charge in [0.2, 0.25) is 0 Å². The highest BCUT2D eigenvalue weighted by Gasteiger charge is 2.21. The minimum absolute atomic E-state index is 1.08. The molecule has 0 spiro atoms. The number of para-hydroxylation sites is 2. The van der Waals surface area contributed by atoms with E-state index in [4.69, 9.17) is 5.10 Å². The molecule has 0 unspecified atom stereocenters. The van der Waals surface area contributed by atoms with Crippen molar-refractivity contribution in [3.63, 3.8) is 0 Å². The number of anilines is 2. The summed E-state index contributed by atoms with van der Waals surface area (Å²) in [4.78, 5) is 0. The van der Waals surface area contributed by atoms with E-state index in [-0.39, 0.29) is 0 Å². The molecule has 3 heteroatoms. The number of aryl methyl sites for hydroxylation is 1. The quantitative estimate of drug-likeness (QED) is 0.769. The van der Waals surface area contributed by atoms with Gasteiger partial charge in [0.25, 0.3) is 0 Å². The fourth-order valence-electron chi connectivity index (χ4n) is 3.10. The van der Waals surface area contributed by atoms with Gasteiger partial charge < -0.3 is 5.32 Å². The number of nitrogens with one attached hydrogen (secondary N) is 1. The molecule has 0 aliphatic heterocycles. The van der Waals surface area contributed by atoms with Gasteiger partial charge in [-0.1, -0.05) is 36.4 Å². The van der Waals surface area contributed by atoms with Gasteiger partial charge in [-0.15, -0.1) is 0 Å². The first-order valence-corrected chi connectivity index (χ1v) is 7.90. The van der Waals surface area contributed by atoms with Gasteiger partial charge in [0.05, 0.1) is 11.4 Å². The average Bonchev–Trinajstić information content (AvgIpc) is 2.95. The van der Waals surface area contributed by atoms with Crippen LogP contribution in [0.4, 0.5) is 11.5 Å². The van der Waals surface area contributed by atoms with Gasteiger partial charge >= 0.3 is 0 Å². The highest BCUT2D eigenvalue weighted by atomic mass is 15.3. The molecule has 1 aliphatic carbocycles. The van der Waals surface area contributed by atoms with Crippen LogP contribution in [0.25, 0.3) is 5.69 Å². The van der Waals surface area contributed by atoms with Gasteiger partial charge in [0, 0.05) is 11.3 Å². The van der Waals surface area contributed by atoms with Crippen LogP contribution in [0.2, 0.25) is 0 Å². The zero-order chi connectivity index (χ0) is 14.8. The SMILES string of the molecule is c1ccc(Nc2c3c(nn2-c2ccccc2)CCCC3)cc1. The summed E-state index contributed by atoms with van der Waals surface area (Å²) in [7, 11) is 0. The van der Waals surface area contributed by atoms with Crippen LogP contribution in [0.1, 0.15) is 24.1 Å². The Morgan fingerprint density at radius 1 is 0.818 bits per heavy atom. The van der Waals surface area contributed by atoms with E-state index in [1.54, 1.807) is 0 Å². The van der Waals surface area contributed by atoms with E-state index in [1.807, 2.05) is 12.1 Å². The molecule has 1 N–H and O–H groups in total. The molecule has 0 fully saturated rings. The van der Waals surface area contributed by atoms with Crippen molar-refractivity contribution in [3.8, 4) is 5.69 Å². The molecule has 4 rings (SSSR count). The molecule has 0 saturated carbocycles. The number of aromatic nitrogens is 2. The molecule has 0 amide bonds. The van der Waals surface area contributed by atoms with E-state index >= 15 is 0 Å². The fourth-order valence-corrected chi connectivity index (χ4v) is 3.10. The highest BCUT2D eigenvalue weighted by molar-refractivity contribution is 5.63. The van der Waals surface area contributed by atoms with E-state index in [2.05, 4.69) is 58.5 Å². The molecule has 0 radical (unpaired) electrons. The molecule has 3 nitrogen and oxygen atoms in total. The summed E-state index contributed by atoms with van der Waals surface area (Å²) in [6.07, 6.45) is 4.68. The molecule has 2 aromatic carbocycles. The Morgan fingerprint density at radius 2 is 1.50 bits per heavy atom. The monoisotopic (exact) mass is 289 g/mol. The zero-order valence-corrected chi connectivity index (χ0v) is 12.5. The minimum atomic E-state index is 1.08. The van der Waals surface area contributed by atoms with Crippen molar-refractivity contribution < 1.29 is 0 Å². The first-order valence-electron chi connectivity index (χ1n) is 7.90. The molecule has 1 aromatic heterocycles. The molecule has 0 bridgehead atoms. The summed E-state index contributed by atoms with van der Waals surface area (Å²) in [6, 6.07) is 20.7.